The van der Waals surface area contributed by atoms with Gasteiger partial charge in [0.2, 0.25) is 0 Å². The van der Waals surface area contributed by atoms with E-state index < -0.39 is 0 Å². The van der Waals surface area contributed by atoms with Gasteiger partial charge in [-0.05, 0) is 23.8 Å². The molecule has 2 aromatic carbocycles. The summed E-state index contributed by atoms with van der Waals surface area (Å²) in [5.41, 5.74) is 10.7. The summed E-state index contributed by atoms with van der Waals surface area (Å²) < 4.78 is 13.4. The third-order valence-electron chi connectivity index (χ3n) is 6.05. The van der Waals surface area contributed by atoms with Crippen molar-refractivity contribution in [3.63, 3.8) is 0 Å². The lowest BCUT2D eigenvalue weighted by molar-refractivity contribution is 0.171. The molecule has 1 fully saturated rings. The van der Waals surface area contributed by atoms with Gasteiger partial charge in [0.15, 0.2) is 0 Å². The molecule has 2 aliphatic heterocycles. The summed E-state index contributed by atoms with van der Waals surface area (Å²) >= 11 is 0. The van der Waals surface area contributed by atoms with Crippen LogP contribution in [-0.2, 0) is 6.42 Å². The zero-order valence-electron chi connectivity index (χ0n) is 16.0. The summed E-state index contributed by atoms with van der Waals surface area (Å²) in [5, 5.41) is 10.5. The van der Waals surface area contributed by atoms with Crippen molar-refractivity contribution in [2.24, 2.45) is 5.92 Å². The molecule has 3 aromatic rings. The fourth-order valence-electron chi connectivity index (χ4n) is 4.62. The molecule has 0 bridgehead atoms. The summed E-state index contributed by atoms with van der Waals surface area (Å²) in [4.78, 5) is 10.2. The van der Waals surface area contributed by atoms with E-state index in [4.69, 9.17) is 0 Å². The molecule has 0 amide bonds. The minimum absolute atomic E-state index is 0.0966. The first-order valence-electron chi connectivity index (χ1n) is 9.98. The average molecular weight is 393 g/mol. The van der Waals surface area contributed by atoms with E-state index in [1.165, 1.54) is 12.1 Å². The third kappa shape index (κ3) is 3.42. The molecule has 3 atom stereocenters. The van der Waals surface area contributed by atoms with E-state index in [1.807, 2.05) is 30.3 Å². The second-order valence-electron chi connectivity index (χ2n) is 7.79. The predicted molar refractivity (Wildman–Crippen MR) is 108 cm³/mol. The maximum Gasteiger partial charge on any atom is 0.123 e. The summed E-state index contributed by atoms with van der Waals surface area (Å²) in [6, 6.07) is 14.2. The van der Waals surface area contributed by atoms with Crippen molar-refractivity contribution in [3.8, 4) is 5.75 Å². The Morgan fingerprint density at radius 1 is 1.14 bits per heavy atom. The first kappa shape index (κ1) is 18.3. The average Bonchev–Trinajstić information content (AvgIpc) is 3.39. The normalized spacial score (nSPS) is 24.5. The number of para-hydroxylation sites is 1. The molecule has 6 nitrogen and oxygen atoms in total. The van der Waals surface area contributed by atoms with Crippen molar-refractivity contribution in [3.05, 3.63) is 83.2 Å². The smallest absolute Gasteiger partial charge is 0.123 e. The molecule has 0 spiro atoms. The first-order chi connectivity index (χ1) is 14.2. The van der Waals surface area contributed by atoms with Crippen LogP contribution in [0.25, 0.3) is 0 Å². The number of hydrogen-bond acceptors (Lipinski definition) is 5. The van der Waals surface area contributed by atoms with Gasteiger partial charge in [0, 0.05) is 43.2 Å². The van der Waals surface area contributed by atoms with E-state index in [9.17, 15) is 9.50 Å². The van der Waals surface area contributed by atoms with Gasteiger partial charge in [-0.15, -0.1) is 0 Å². The Hall–Kier alpha value is -2.74. The van der Waals surface area contributed by atoms with E-state index in [0.29, 0.717) is 5.92 Å². The molecule has 150 valence electrons. The highest BCUT2D eigenvalue weighted by atomic mass is 19.1. The quantitative estimate of drug-likeness (QED) is 0.548. The molecule has 3 heterocycles. The van der Waals surface area contributed by atoms with Gasteiger partial charge in [-0.25, -0.2) is 14.8 Å². The fourth-order valence-corrected chi connectivity index (χ4v) is 4.62. The van der Waals surface area contributed by atoms with Crippen LogP contribution in [0, 0.1) is 11.7 Å². The highest BCUT2D eigenvalue weighted by molar-refractivity contribution is 5.41. The van der Waals surface area contributed by atoms with Crippen LogP contribution in [0.2, 0.25) is 0 Å². The number of hydrogen-bond donors (Lipinski definition) is 4. The maximum absolute atomic E-state index is 13.4. The molecule has 1 aromatic heterocycles. The molecule has 1 saturated heterocycles. The van der Waals surface area contributed by atoms with Gasteiger partial charge < -0.3 is 10.1 Å². The SMILES string of the molecule is Oc1ccccc1C1c2nc[nH]c2CCN1CC1CNNC1c1ccc(F)cc1. The number of phenolic OH excluding ortho intramolecular Hbond substituents is 1. The van der Waals surface area contributed by atoms with E-state index in [1.54, 1.807) is 12.4 Å². The van der Waals surface area contributed by atoms with Crippen LogP contribution >= 0.6 is 0 Å². The topological polar surface area (TPSA) is 76.2 Å². The molecule has 2 aliphatic rings. The van der Waals surface area contributed by atoms with Crippen molar-refractivity contribution in [2.75, 3.05) is 19.6 Å². The van der Waals surface area contributed by atoms with Gasteiger partial charge in [-0.3, -0.25) is 10.3 Å². The zero-order valence-corrected chi connectivity index (χ0v) is 16.0. The van der Waals surface area contributed by atoms with Crippen LogP contribution in [0.15, 0.2) is 54.9 Å². The minimum atomic E-state index is -0.224. The van der Waals surface area contributed by atoms with Crippen LogP contribution < -0.4 is 10.9 Å². The Morgan fingerprint density at radius 2 is 1.97 bits per heavy atom. The van der Waals surface area contributed by atoms with E-state index in [0.717, 1.165) is 48.6 Å². The van der Waals surface area contributed by atoms with Crippen LogP contribution in [0.1, 0.15) is 34.6 Å². The molecular formula is C22H24FN5O. The Morgan fingerprint density at radius 3 is 2.79 bits per heavy atom. The lowest BCUT2D eigenvalue weighted by atomic mass is 9.90. The number of hydrazine groups is 1. The number of aromatic hydroxyl groups is 1. The van der Waals surface area contributed by atoms with Crippen molar-refractivity contribution >= 4 is 0 Å². The number of benzene rings is 2. The molecule has 3 unspecified atom stereocenters. The largest absolute Gasteiger partial charge is 0.508 e. The highest BCUT2D eigenvalue weighted by Gasteiger charge is 2.37. The molecule has 0 aliphatic carbocycles. The number of rotatable bonds is 4. The summed E-state index contributed by atoms with van der Waals surface area (Å²) in [5.74, 6) is 0.364. The van der Waals surface area contributed by atoms with Gasteiger partial charge in [0.25, 0.3) is 0 Å². The van der Waals surface area contributed by atoms with Gasteiger partial charge >= 0.3 is 0 Å². The second-order valence-corrected chi connectivity index (χ2v) is 7.79. The second kappa shape index (κ2) is 7.59. The van der Waals surface area contributed by atoms with E-state index >= 15 is 0 Å². The molecule has 0 radical (unpaired) electrons. The van der Waals surface area contributed by atoms with Gasteiger partial charge in [0.1, 0.15) is 11.6 Å². The molecule has 5 rings (SSSR count). The zero-order chi connectivity index (χ0) is 19.8. The van der Waals surface area contributed by atoms with Crippen LogP contribution in [0.4, 0.5) is 4.39 Å². The molecular weight excluding hydrogens is 369 g/mol. The maximum atomic E-state index is 13.4. The van der Waals surface area contributed by atoms with Crippen LogP contribution in [-0.4, -0.2) is 39.6 Å². The Bertz CT molecular complexity index is 989. The molecule has 29 heavy (non-hydrogen) atoms. The first-order valence-corrected chi connectivity index (χ1v) is 9.98. The predicted octanol–water partition coefficient (Wildman–Crippen LogP) is 2.67. The van der Waals surface area contributed by atoms with Gasteiger partial charge in [-0.2, -0.15) is 0 Å². The number of phenols is 1. The van der Waals surface area contributed by atoms with Crippen molar-refractivity contribution in [2.45, 2.75) is 18.5 Å². The minimum Gasteiger partial charge on any atom is -0.508 e. The number of nitrogens with one attached hydrogen (secondary N) is 3. The number of aromatic nitrogens is 2. The van der Waals surface area contributed by atoms with Gasteiger partial charge in [0.05, 0.1) is 24.1 Å². The fraction of sp³-hybridized carbons (Fsp3) is 0.318. The Balaban J connectivity index is 1.45. The van der Waals surface area contributed by atoms with E-state index in [-0.39, 0.29) is 23.7 Å². The number of H-pyrrole nitrogens is 1. The van der Waals surface area contributed by atoms with Crippen molar-refractivity contribution < 1.29 is 9.50 Å². The summed E-state index contributed by atoms with van der Waals surface area (Å²) in [6.45, 7) is 2.52. The van der Waals surface area contributed by atoms with Crippen LogP contribution in [0.3, 0.4) is 0 Å². The van der Waals surface area contributed by atoms with Crippen molar-refractivity contribution in [1.29, 1.82) is 0 Å². The lowest BCUT2D eigenvalue weighted by Crippen LogP contribution is -2.41. The number of imidazole rings is 1. The van der Waals surface area contributed by atoms with E-state index in [2.05, 4.69) is 25.7 Å². The molecule has 7 heteroatoms. The third-order valence-corrected chi connectivity index (χ3v) is 6.05. The summed E-state index contributed by atoms with van der Waals surface area (Å²) in [7, 11) is 0. The number of fused-ring (bicyclic) bond motifs is 1. The lowest BCUT2D eigenvalue weighted by Gasteiger charge is -2.37. The molecule has 0 saturated carbocycles. The monoisotopic (exact) mass is 393 g/mol. The van der Waals surface area contributed by atoms with Crippen molar-refractivity contribution in [1.82, 2.24) is 25.7 Å². The van der Waals surface area contributed by atoms with Crippen LogP contribution in [0.5, 0.6) is 5.75 Å². The standard InChI is InChI=1S/C22H24FN5O/c23-16-7-5-14(6-8-16)20-15(11-26-27-20)12-28-10-9-18-21(25-13-24-18)22(28)17-3-1-2-4-19(17)29/h1-8,13,15,20,22,26-27,29H,9-12H2,(H,24,25). The Kier molecular flexibility index (Phi) is 4.79. The van der Waals surface area contributed by atoms with Gasteiger partial charge in [-0.1, -0.05) is 30.3 Å². The number of aromatic amines is 1. The summed E-state index contributed by atoms with van der Waals surface area (Å²) in [6.07, 6.45) is 2.63. The number of halogens is 1. The highest BCUT2D eigenvalue weighted by Crippen LogP contribution is 2.39. The molecule has 4 N–H and O–H groups in total. The Labute approximate surface area is 168 Å². The number of nitrogens with zero attached hydrogens (tertiary/aromatic N) is 2.